The fourth-order valence-corrected chi connectivity index (χ4v) is 4.35. The van der Waals surface area contributed by atoms with E-state index in [0.717, 1.165) is 0 Å². The molecule has 3 rings (SSSR count). The van der Waals surface area contributed by atoms with Crippen molar-refractivity contribution >= 4 is 33.6 Å². The number of likely N-dealkylation sites (tertiary alicyclic amines) is 1. The quantitative estimate of drug-likeness (QED) is 0.738. The Bertz CT molecular complexity index is 879. The molecule has 1 aliphatic rings. The molecule has 1 aromatic heterocycles. The van der Waals surface area contributed by atoms with Crippen LogP contribution in [0.4, 0.5) is 18.0 Å². The molecule has 2 heterocycles. The highest BCUT2D eigenvalue weighted by Crippen LogP contribution is 2.44. The van der Waals surface area contributed by atoms with Crippen molar-refractivity contribution in [3.05, 3.63) is 29.3 Å². The lowest BCUT2D eigenvalue weighted by atomic mass is 9.98. The minimum atomic E-state index is -5.08. The van der Waals surface area contributed by atoms with Crippen LogP contribution in [0.2, 0.25) is 0 Å². The summed E-state index contributed by atoms with van der Waals surface area (Å²) in [6.07, 6.45) is -5.95. The summed E-state index contributed by atoms with van der Waals surface area (Å²) in [6, 6.07) is 6.05. The maximum absolute atomic E-state index is 13.7. The SMILES string of the molecule is CCOC(=O)N1CCC(NC(=O)C[C@@](O)(c2nc3ccccc3s2)C(F)(F)F)CC1. The molecule has 0 spiro atoms. The van der Waals surface area contributed by atoms with Gasteiger partial charge in [-0.05, 0) is 31.9 Å². The minimum Gasteiger partial charge on any atom is -0.450 e. The molecular formula is C19H22F3N3O4S. The van der Waals surface area contributed by atoms with Gasteiger partial charge in [-0.25, -0.2) is 9.78 Å². The topological polar surface area (TPSA) is 91.8 Å². The minimum absolute atomic E-state index is 0.247. The van der Waals surface area contributed by atoms with Gasteiger partial charge >= 0.3 is 12.3 Å². The number of carbonyl (C=O) groups excluding carboxylic acids is 2. The van der Waals surface area contributed by atoms with Crippen LogP contribution < -0.4 is 5.32 Å². The number of rotatable bonds is 5. The van der Waals surface area contributed by atoms with Crippen LogP contribution in [-0.4, -0.2) is 58.9 Å². The van der Waals surface area contributed by atoms with Crippen LogP contribution in [0.25, 0.3) is 10.2 Å². The maximum atomic E-state index is 13.7. The summed E-state index contributed by atoms with van der Waals surface area (Å²) in [6.45, 7) is 2.59. The molecule has 11 heteroatoms. The zero-order chi connectivity index (χ0) is 21.9. The number of hydrogen-bond acceptors (Lipinski definition) is 6. The number of benzene rings is 1. The van der Waals surface area contributed by atoms with E-state index in [-0.39, 0.29) is 6.61 Å². The molecule has 1 aromatic carbocycles. The zero-order valence-corrected chi connectivity index (χ0v) is 17.1. The maximum Gasteiger partial charge on any atom is 0.424 e. The second kappa shape index (κ2) is 8.76. The molecule has 164 valence electrons. The zero-order valence-electron chi connectivity index (χ0n) is 16.2. The number of hydrogen-bond donors (Lipinski definition) is 2. The van der Waals surface area contributed by atoms with E-state index in [1.807, 2.05) is 0 Å². The van der Waals surface area contributed by atoms with E-state index in [9.17, 15) is 27.9 Å². The Morgan fingerprint density at radius 2 is 1.97 bits per heavy atom. The number of para-hydroxylation sites is 1. The predicted octanol–water partition coefficient (Wildman–Crippen LogP) is 3.17. The Labute approximate surface area is 174 Å². The molecule has 30 heavy (non-hydrogen) atoms. The van der Waals surface area contributed by atoms with Gasteiger partial charge in [0, 0.05) is 19.1 Å². The molecule has 0 radical (unpaired) electrons. The first-order valence-corrected chi connectivity index (χ1v) is 10.3. The first-order chi connectivity index (χ1) is 14.1. The van der Waals surface area contributed by atoms with E-state index in [4.69, 9.17) is 4.74 Å². The summed E-state index contributed by atoms with van der Waals surface area (Å²) in [7, 11) is 0. The third-order valence-corrected chi connectivity index (χ3v) is 6.11. The number of amides is 2. The molecule has 1 fully saturated rings. The molecule has 1 atom stereocenters. The largest absolute Gasteiger partial charge is 0.450 e. The van der Waals surface area contributed by atoms with Crippen LogP contribution in [0.3, 0.4) is 0 Å². The number of nitrogens with zero attached hydrogens (tertiary/aromatic N) is 2. The molecule has 7 nitrogen and oxygen atoms in total. The third kappa shape index (κ3) is 4.67. The highest BCUT2D eigenvalue weighted by Gasteiger charge is 2.58. The Balaban J connectivity index is 1.67. The highest BCUT2D eigenvalue weighted by atomic mass is 32.1. The number of aromatic nitrogens is 1. The first-order valence-electron chi connectivity index (χ1n) is 9.50. The second-order valence-corrected chi connectivity index (χ2v) is 8.08. The number of alkyl halides is 3. The summed E-state index contributed by atoms with van der Waals surface area (Å²) in [5.41, 5.74) is -3.06. The van der Waals surface area contributed by atoms with Crippen molar-refractivity contribution in [1.82, 2.24) is 15.2 Å². The Kier molecular flexibility index (Phi) is 6.51. The van der Waals surface area contributed by atoms with E-state index in [1.54, 1.807) is 31.2 Å². The monoisotopic (exact) mass is 445 g/mol. The number of ether oxygens (including phenoxy) is 1. The third-order valence-electron chi connectivity index (χ3n) is 4.92. The summed E-state index contributed by atoms with van der Waals surface area (Å²) in [4.78, 5) is 29.5. The highest BCUT2D eigenvalue weighted by molar-refractivity contribution is 7.18. The van der Waals surface area contributed by atoms with Gasteiger partial charge in [0.05, 0.1) is 23.2 Å². The van der Waals surface area contributed by atoms with Crippen molar-refractivity contribution in [1.29, 1.82) is 0 Å². The lowest BCUT2D eigenvalue weighted by Gasteiger charge is -2.33. The Morgan fingerprint density at radius 3 is 2.57 bits per heavy atom. The number of carbonyl (C=O) groups is 2. The molecule has 0 saturated carbocycles. The number of thiazole rings is 1. The fraction of sp³-hybridized carbons (Fsp3) is 0.526. The Hall–Kier alpha value is -2.40. The van der Waals surface area contributed by atoms with Crippen molar-refractivity contribution in [3.63, 3.8) is 0 Å². The van der Waals surface area contributed by atoms with Gasteiger partial charge < -0.3 is 20.1 Å². The summed E-state index contributed by atoms with van der Waals surface area (Å²) in [5, 5.41) is 12.5. The predicted molar refractivity (Wildman–Crippen MR) is 104 cm³/mol. The Morgan fingerprint density at radius 1 is 1.30 bits per heavy atom. The average Bonchev–Trinajstić information content (AvgIpc) is 3.12. The van der Waals surface area contributed by atoms with Crippen LogP contribution in [0.1, 0.15) is 31.2 Å². The molecule has 0 aliphatic carbocycles. The van der Waals surface area contributed by atoms with Crippen LogP contribution in [0.5, 0.6) is 0 Å². The van der Waals surface area contributed by atoms with E-state index >= 15 is 0 Å². The van der Waals surface area contributed by atoms with Crippen molar-refractivity contribution in [2.24, 2.45) is 0 Å². The lowest BCUT2D eigenvalue weighted by molar-refractivity contribution is -0.267. The molecule has 1 aliphatic heterocycles. The van der Waals surface area contributed by atoms with Gasteiger partial charge in [-0.3, -0.25) is 4.79 Å². The van der Waals surface area contributed by atoms with Crippen molar-refractivity contribution < 1.29 is 32.6 Å². The van der Waals surface area contributed by atoms with Gasteiger partial charge in [-0.15, -0.1) is 11.3 Å². The first kappa shape index (κ1) is 22.3. The number of piperidine rings is 1. The second-order valence-electron chi connectivity index (χ2n) is 7.05. The van der Waals surface area contributed by atoms with Gasteiger partial charge in [0.15, 0.2) is 0 Å². The van der Waals surface area contributed by atoms with Gasteiger partial charge in [0.1, 0.15) is 5.01 Å². The molecule has 2 aromatic rings. The average molecular weight is 445 g/mol. The lowest BCUT2D eigenvalue weighted by Crippen LogP contribution is -2.50. The van der Waals surface area contributed by atoms with Crippen LogP contribution in [0, 0.1) is 0 Å². The summed E-state index contributed by atoms with van der Waals surface area (Å²) < 4.78 is 46.6. The molecule has 1 saturated heterocycles. The summed E-state index contributed by atoms with van der Waals surface area (Å²) >= 11 is 0.708. The van der Waals surface area contributed by atoms with E-state index in [1.165, 1.54) is 4.90 Å². The number of aliphatic hydroxyl groups is 1. The van der Waals surface area contributed by atoms with Crippen molar-refractivity contribution in [3.8, 4) is 0 Å². The van der Waals surface area contributed by atoms with E-state index in [0.29, 0.717) is 47.5 Å². The van der Waals surface area contributed by atoms with Gasteiger partial charge in [-0.1, -0.05) is 12.1 Å². The molecule has 0 unspecified atom stereocenters. The molecular weight excluding hydrogens is 423 g/mol. The number of nitrogens with one attached hydrogen (secondary N) is 1. The summed E-state index contributed by atoms with van der Waals surface area (Å²) in [5.74, 6) is -0.927. The van der Waals surface area contributed by atoms with Crippen molar-refractivity contribution in [2.75, 3.05) is 19.7 Å². The van der Waals surface area contributed by atoms with Crippen LogP contribution in [0.15, 0.2) is 24.3 Å². The van der Waals surface area contributed by atoms with Gasteiger partial charge in [-0.2, -0.15) is 13.2 Å². The smallest absolute Gasteiger partial charge is 0.424 e. The van der Waals surface area contributed by atoms with E-state index in [2.05, 4.69) is 10.3 Å². The van der Waals surface area contributed by atoms with E-state index < -0.39 is 41.2 Å². The fourth-order valence-electron chi connectivity index (χ4n) is 3.28. The normalized spacial score (nSPS) is 17.6. The van der Waals surface area contributed by atoms with Gasteiger partial charge in [0.2, 0.25) is 11.5 Å². The molecule has 2 N–H and O–H groups in total. The standard InChI is InChI=1S/C19H22F3N3O4S/c1-2-29-17(27)25-9-7-12(8-10-25)23-15(26)11-18(28,19(20,21)22)16-24-13-5-3-4-6-14(13)30-16/h3-6,12,28H,2,7-11H2,1H3,(H,23,26)/t18-/m1/s1. The van der Waals surface area contributed by atoms with Crippen molar-refractivity contribution in [2.45, 2.75) is 44.0 Å². The molecule has 2 amide bonds. The van der Waals surface area contributed by atoms with Gasteiger partial charge in [0.25, 0.3) is 0 Å². The number of halogens is 3. The molecule has 0 bridgehead atoms. The van der Waals surface area contributed by atoms with Crippen LogP contribution >= 0.6 is 11.3 Å². The number of fused-ring (bicyclic) bond motifs is 1. The van der Waals surface area contributed by atoms with Crippen LogP contribution in [-0.2, 0) is 15.1 Å².